The minimum absolute atomic E-state index is 0.144. The van der Waals surface area contributed by atoms with E-state index in [4.69, 9.17) is 4.74 Å². The molecule has 0 saturated carbocycles. The molecule has 1 aliphatic heterocycles. The van der Waals surface area contributed by atoms with Gasteiger partial charge in [-0.15, -0.1) is 0 Å². The third-order valence-corrected chi connectivity index (χ3v) is 8.36. The zero-order valence-electron chi connectivity index (χ0n) is 19.5. The minimum Gasteiger partial charge on any atom is -0.423 e. The van der Waals surface area contributed by atoms with Gasteiger partial charge in [0.05, 0.1) is 23.1 Å². The topological polar surface area (TPSA) is 63.7 Å². The maximum Gasteiger partial charge on any atom is 0.343 e. The molecule has 5 nitrogen and oxygen atoms in total. The van der Waals surface area contributed by atoms with E-state index < -0.39 is 17.8 Å². The van der Waals surface area contributed by atoms with Crippen molar-refractivity contribution in [3.63, 3.8) is 0 Å². The normalized spacial score (nSPS) is 22.9. The average molecular weight is 550 g/mol. The molecule has 8 rings (SSSR count). The number of hydrogen-bond donors (Lipinski definition) is 0. The van der Waals surface area contributed by atoms with Crippen LogP contribution in [0.25, 0.3) is 0 Å². The van der Waals surface area contributed by atoms with E-state index >= 15 is 0 Å². The van der Waals surface area contributed by atoms with Crippen LogP contribution in [0.5, 0.6) is 5.75 Å². The van der Waals surface area contributed by atoms with Gasteiger partial charge in [0.1, 0.15) is 5.75 Å². The van der Waals surface area contributed by atoms with Crippen LogP contribution in [0.15, 0.2) is 102 Å². The third kappa shape index (κ3) is 3.25. The number of nitrogens with zero attached hydrogens (tertiary/aromatic N) is 1. The van der Waals surface area contributed by atoms with Gasteiger partial charge in [-0.25, -0.2) is 9.69 Å². The molecule has 0 aromatic heterocycles. The molecule has 0 spiro atoms. The standard InChI is InChI=1S/C31H20BrNO4/c32-18-11-9-17(10-12-18)31(36)37-20-15-13-19(14-16-20)33-29(34)27-25-21-5-1-2-6-22(21)26(28(27)30(33)35)24-8-4-3-7-23(24)25/h1-16,25-28H. The van der Waals surface area contributed by atoms with Crippen molar-refractivity contribution < 1.29 is 19.1 Å². The molecular weight excluding hydrogens is 530 g/mol. The molecule has 37 heavy (non-hydrogen) atoms. The molecule has 4 aromatic carbocycles. The first-order valence-corrected chi connectivity index (χ1v) is 13.0. The van der Waals surface area contributed by atoms with Gasteiger partial charge in [0.2, 0.25) is 11.8 Å². The van der Waals surface area contributed by atoms with Crippen molar-refractivity contribution in [1.82, 2.24) is 0 Å². The summed E-state index contributed by atoms with van der Waals surface area (Å²) in [5.41, 5.74) is 5.49. The number of rotatable bonds is 3. The number of carbonyl (C=O) groups excluding carboxylic acids is 3. The quantitative estimate of drug-likeness (QED) is 0.177. The molecule has 180 valence electrons. The van der Waals surface area contributed by atoms with Crippen LogP contribution in [0.1, 0.15) is 44.4 Å². The van der Waals surface area contributed by atoms with Gasteiger partial charge < -0.3 is 4.74 Å². The molecule has 1 fully saturated rings. The molecule has 2 unspecified atom stereocenters. The lowest BCUT2D eigenvalue weighted by molar-refractivity contribution is -0.122. The van der Waals surface area contributed by atoms with Gasteiger partial charge in [0.25, 0.3) is 0 Å². The predicted molar refractivity (Wildman–Crippen MR) is 142 cm³/mol. The fraction of sp³-hybridized carbons (Fsp3) is 0.129. The number of hydrogen-bond acceptors (Lipinski definition) is 4. The van der Waals surface area contributed by atoms with Gasteiger partial charge in [-0.3, -0.25) is 9.59 Å². The molecule has 4 aromatic rings. The molecule has 2 amide bonds. The van der Waals surface area contributed by atoms with Gasteiger partial charge >= 0.3 is 5.97 Å². The Balaban J connectivity index is 1.21. The molecule has 3 aliphatic carbocycles. The molecule has 1 heterocycles. The molecule has 0 N–H and O–H groups in total. The van der Waals surface area contributed by atoms with Crippen molar-refractivity contribution in [2.45, 2.75) is 11.8 Å². The zero-order chi connectivity index (χ0) is 25.3. The Morgan fingerprint density at radius 3 is 1.57 bits per heavy atom. The van der Waals surface area contributed by atoms with Crippen molar-refractivity contribution in [2.24, 2.45) is 11.8 Å². The number of ether oxygens (including phenoxy) is 1. The first kappa shape index (κ1) is 22.2. The Morgan fingerprint density at radius 2 is 1.11 bits per heavy atom. The summed E-state index contributed by atoms with van der Waals surface area (Å²) in [4.78, 5) is 41.5. The van der Waals surface area contributed by atoms with Gasteiger partial charge in [-0.05, 0) is 70.8 Å². The van der Waals surface area contributed by atoms with Gasteiger partial charge in [-0.2, -0.15) is 0 Å². The average Bonchev–Trinajstić information content (AvgIpc) is 3.20. The third-order valence-electron chi connectivity index (χ3n) is 7.83. The van der Waals surface area contributed by atoms with E-state index in [-0.39, 0.29) is 23.7 Å². The van der Waals surface area contributed by atoms with Crippen molar-refractivity contribution in [3.8, 4) is 5.75 Å². The lowest BCUT2D eigenvalue weighted by atomic mass is 9.55. The van der Waals surface area contributed by atoms with E-state index in [0.29, 0.717) is 17.0 Å². The fourth-order valence-electron chi connectivity index (χ4n) is 6.35. The Kier molecular flexibility index (Phi) is 4.95. The van der Waals surface area contributed by atoms with Crippen molar-refractivity contribution in [3.05, 3.63) is 129 Å². The predicted octanol–water partition coefficient (Wildman–Crippen LogP) is 6.06. The zero-order valence-corrected chi connectivity index (χ0v) is 21.1. The lowest BCUT2D eigenvalue weighted by Gasteiger charge is -2.45. The fourth-order valence-corrected chi connectivity index (χ4v) is 6.61. The largest absolute Gasteiger partial charge is 0.423 e. The van der Waals surface area contributed by atoms with Crippen LogP contribution >= 0.6 is 15.9 Å². The Hall–Kier alpha value is -4.03. The number of imide groups is 1. The van der Waals surface area contributed by atoms with Gasteiger partial charge in [-0.1, -0.05) is 64.5 Å². The van der Waals surface area contributed by atoms with Crippen LogP contribution in [0.4, 0.5) is 5.69 Å². The number of benzene rings is 4. The monoisotopic (exact) mass is 549 g/mol. The van der Waals surface area contributed by atoms with Crippen LogP contribution in [-0.2, 0) is 9.59 Å². The van der Waals surface area contributed by atoms with Crippen molar-refractivity contribution >= 4 is 39.4 Å². The van der Waals surface area contributed by atoms with Crippen LogP contribution < -0.4 is 9.64 Å². The van der Waals surface area contributed by atoms with Crippen molar-refractivity contribution in [2.75, 3.05) is 4.90 Å². The van der Waals surface area contributed by atoms with E-state index in [9.17, 15) is 14.4 Å². The van der Waals surface area contributed by atoms with Crippen LogP contribution in [0.3, 0.4) is 0 Å². The van der Waals surface area contributed by atoms with E-state index in [1.807, 2.05) is 24.3 Å². The smallest absolute Gasteiger partial charge is 0.343 e. The van der Waals surface area contributed by atoms with E-state index in [0.717, 1.165) is 26.7 Å². The number of anilines is 1. The van der Waals surface area contributed by atoms with Crippen molar-refractivity contribution in [1.29, 1.82) is 0 Å². The number of carbonyl (C=O) groups is 3. The molecule has 2 bridgehead atoms. The second kappa shape index (κ2) is 8.25. The molecule has 1 saturated heterocycles. The summed E-state index contributed by atoms with van der Waals surface area (Å²) in [6.07, 6.45) is 0. The Labute approximate surface area is 221 Å². The second-order valence-corrected chi connectivity index (χ2v) is 10.6. The summed E-state index contributed by atoms with van der Waals surface area (Å²) < 4.78 is 6.36. The molecule has 0 radical (unpaired) electrons. The van der Waals surface area contributed by atoms with E-state index in [1.165, 1.54) is 4.90 Å². The highest BCUT2D eigenvalue weighted by molar-refractivity contribution is 9.10. The highest BCUT2D eigenvalue weighted by atomic mass is 79.9. The maximum absolute atomic E-state index is 13.9. The summed E-state index contributed by atoms with van der Waals surface area (Å²) in [5, 5.41) is 0. The number of esters is 1. The number of amides is 2. The summed E-state index contributed by atoms with van der Waals surface area (Å²) >= 11 is 3.35. The summed E-state index contributed by atoms with van der Waals surface area (Å²) in [6.45, 7) is 0. The Morgan fingerprint density at radius 1 is 0.649 bits per heavy atom. The summed E-state index contributed by atoms with van der Waals surface area (Å²) in [5.74, 6) is -1.64. The van der Waals surface area contributed by atoms with E-state index in [2.05, 4.69) is 40.2 Å². The molecule has 6 heteroatoms. The van der Waals surface area contributed by atoms with Gasteiger partial charge in [0.15, 0.2) is 0 Å². The van der Waals surface area contributed by atoms with Crippen LogP contribution in [-0.4, -0.2) is 17.8 Å². The highest BCUT2D eigenvalue weighted by Gasteiger charge is 2.61. The summed E-state index contributed by atoms with van der Waals surface area (Å²) in [7, 11) is 0. The maximum atomic E-state index is 13.9. The molecule has 2 atom stereocenters. The number of halogens is 1. The molecule has 4 aliphatic rings. The van der Waals surface area contributed by atoms with Gasteiger partial charge in [0, 0.05) is 16.3 Å². The van der Waals surface area contributed by atoms with Crippen LogP contribution in [0, 0.1) is 11.8 Å². The highest BCUT2D eigenvalue weighted by Crippen LogP contribution is 2.61. The van der Waals surface area contributed by atoms with Crippen LogP contribution in [0.2, 0.25) is 0 Å². The first-order chi connectivity index (χ1) is 18.0. The SMILES string of the molecule is O=C(Oc1ccc(N2C(=O)C3C4c5ccccc5C(c5ccccc54)C3C2=O)cc1)c1ccc(Br)cc1. The Bertz CT molecular complexity index is 1480. The minimum atomic E-state index is -0.480. The first-order valence-electron chi connectivity index (χ1n) is 12.2. The van der Waals surface area contributed by atoms with E-state index in [1.54, 1.807) is 48.5 Å². The summed E-state index contributed by atoms with van der Waals surface area (Å²) in [6, 6.07) is 29.8. The second-order valence-electron chi connectivity index (χ2n) is 9.67. The lowest BCUT2D eigenvalue weighted by Crippen LogP contribution is -2.41. The molecular formula is C31H20BrNO4.